The average Bonchev–Trinajstić information content (AvgIpc) is 3.55. The van der Waals surface area contributed by atoms with Crippen molar-refractivity contribution in [2.75, 3.05) is 5.32 Å². The lowest BCUT2D eigenvalue weighted by molar-refractivity contribution is -0.117. The van der Waals surface area contributed by atoms with Crippen molar-refractivity contribution in [3.63, 3.8) is 0 Å². The number of thiazole rings is 1. The van der Waals surface area contributed by atoms with Crippen LogP contribution in [0.15, 0.2) is 54.6 Å². The fourth-order valence-electron chi connectivity index (χ4n) is 2.85. The molecule has 0 aliphatic heterocycles. The number of amides is 3. The number of hydrogen-bond donors (Lipinski definition) is 3. The molecule has 3 amide bonds. The van der Waals surface area contributed by atoms with Gasteiger partial charge >= 0.3 is 0 Å². The number of rotatable bonds is 5. The molecule has 30 heavy (non-hydrogen) atoms. The Labute approximate surface area is 177 Å². The monoisotopic (exact) mass is 420 g/mol. The molecule has 3 N–H and O–H groups in total. The minimum absolute atomic E-state index is 0.00858. The van der Waals surface area contributed by atoms with Gasteiger partial charge < -0.3 is 5.32 Å². The highest BCUT2D eigenvalue weighted by atomic mass is 32.1. The van der Waals surface area contributed by atoms with Gasteiger partial charge in [-0.25, -0.2) is 4.98 Å². The second kappa shape index (κ2) is 8.46. The maximum Gasteiger partial charge on any atom is 0.281 e. The number of aromatic nitrogens is 1. The Bertz CT molecular complexity index is 1090. The summed E-state index contributed by atoms with van der Waals surface area (Å²) in [4.78, 5) is 41.5. The minimum Gasteiger partial charge on any atom is -0.326 e. The maximum atomic E-state index is 12.5. The van der Waals surface area contributed by atoms with E-state index in [1.807, 2.05) is 30.3 Å². The molecule has 1 heterocycles. The predicted octanol–water partition coefficient (Wildman–Crippen LogP) is 3.54. The van der Waals surface area contributed by atoms with Gasteiger partial charge in [0.25, 0.3) is 11.8 Å². The molecule has 0 atom stereocenters. The van der Waals surface area contributed by atoms with Crippen LogP contribution in [0.4, 0.5) is 5.69 Å². The topological polar surface area (TPSA) is 100 Å². The lowest BCUT2D eigenvalue weighted by Crippen LogP contribution is -2.41. The molecule has 2 aromatic carbocycles. The Balaban J connectivity index is 1.35. The van der Waals surface area contributed by atoms with Gasteiger partial charge in [0.15, 0.2) is 0 Å². The summed E-state index contributed by atoms with van der Waals surface area (Å²) in [6, 6.07) is 16.1. The first-order chi connectivity index (χ1) is 14.5. The van der Waals surface area contributed by atoms with Gasteiger partial charge in [-0.3, -0.25) is 25.2 Å². The molecule has 3 aromatic rings. The van der Waals surface area contributed by atoms with Gasteiger partial charge in [-0.1, -0.05) is 30.3 Å². The number of nitrogens with one attached hydrogen (secondary N) is 3. The number of hydrazine groups is 1. The standard InChI is InChI=1S/C22H20N4O3S/c1-13-18(30-22(23-13)16-5-3-2-4-6-16)21(29)26-25-20(28)15-9-11-17(12-10-15)24-19(27)14-7-8-14/h2-6,9-12,14H,7-8H2,1H3,(H,24,27)(H,25,28)(H,26,29). The first-order valence-corrected chi connectivity index (χ1v) is 10.4. The van der Waals surface area contributed by atoms with Crippen molar-refractivity contribution < 1.29 is 14.4 Å². The Morgan fingerprint density at radius 3 is 2.27 bits per heavy atom. The second-order valence-corrected chi connectivity index (χ2v) is 8.05. The summed E-state index contributed by atoms with van der Waals surface area (Å²) >= 11 is 1.27. The lowest BCUT2D eigenvalue weighted by atomic mass is 10.2. The van der Waals surface area contributed by atoms with Crippen LogP contribution in [0.1, 0.15) is 38.6 Å². The van der Waals surface area contributed by atoms with Gasteiger partial charge in [-0.05, 0) is 44.0 Å². The Kier molecular flexibility index (Phi) is 5.58. The molecule has 0 bridgehead atoms. The van der Waals surface area contributed by atoms with E-state index in [1.165, 1.54) is 11.3 Å². The molecule has 8 heteroatoms. The summed E-state index contributed by atoms with van der Waals surface area (Å²) in [5, 5.41) is 3.56. The van der Waals surface area contributed by atoms with Gasteiger partial charge in [0, 0.05) is 22.7 Å². The first-order valence-electron chi connectivity index (χ1n) is 9.56. The van der Waals surface area contributed by atoms with Crippen LogP contribution in [0.5, 0.6) is 0 Å². The van der Waals surface area contributed by atoms with Crippen molar-refractivity contribution >= 4 is 34.7 Å². The van der Waals surface area contributed by atoms with Crippen LogP contribution < -0.4 is 16.2 Å². The van der Waals surface area contributed by atoms with E-state index in [1.54, 1.807) is 31.2 Å². The molecule has 1 aliphatic rings. The molecular weight excluding hydrogens is 400 g/mol. The normalized spacial score (nSPS) is 12.8. The van der Waals surface area contributed by atoms with E-state index in [0.717, 1.165) is 23.4 Å². The highest BCUT2D eigenvalue weighted by Gasteiger charge is 2.29. The molecule has 1 aromatic heterocycles. The molecule has 1 fully saturated rings. The van der Waals surface area contributed by atoms with Crippen LogP contribution >= 0.6 is 11.3 Å². The summed E-state index contributed by atoms with van der Waals surface area (Å²) < 4.78 is 0. The van der Waals surface area contributed by atoms with Crippen molar-refractivity contribution in [3.8, 4) is 10.6 Å². The van der Waals surface area contributed by atoms with Crippen molar-refractivity contribution in [2.24, 2.45) is 5.92 Å². The summed E-state index contributed by atoms with van der Waals surface area (Å²) in [7, 11) is 0. The third kappa shape index (κ3) is 4.55. The van der Waals surface area contributed by atoms with E-state index in [9.17, 15) is 14.4 Å². The average molecular weight is 420 g/mol. The largest absolute Gasteiger partial charge is 0.326 e. The van der Waals surface area contributed by atoms with E-state index in [2.05, 4.69) is 21.2 Å². The van der Waals surface area contributed by atoms with E-state index in [4.69, 9.17) is 0 Å². The van der Waals surface area contributed by atoms with E-state index >= 15 is 0 Å². The highest BCUT2D eigenvalue weighted by Crippen LogP contribution is 2.30. The molecule has 152 valence electrons. The van der Waals surface area contributed by atoms with Crippen molar-refractivity contribution in [3.05, 3.63) is 70.7 Å². The van der Waals surface area contributed by atoms with Gasteiger partial charge in [0.2, 0.25) is 5.91 Å². The van der Waals surface area contributed by atoms with Gasteiger partial charge in [0.05, 0.1) is 5.69 Å². The molecular formula is C22H20N4O3S. The summed E-state index contributed by atoms with van der Waals surface area (Å²) in [6.45, 7) is 1.76. The molecule has 0 unspecified atom stereocenters. The Hall–Kier alpha value is -3.52. The smallest absolute Gasteiger partial charge is 0.281 e. The van der Waals surface area contributed by atoms with E-state index in [-0.39, 0.29) is 11.8 Å². The van der Waals surface area contributed by atoms with Gasteiger partial charge in [-0.2, -0.15) is 0 Å². The zero-order chi connectivity index (χ0) is 21.1. The number of nitrogens with zero attached hydrogens (tertiary/aromatic N) is 1. The summed E-state index contributed by atoms with van der Waals surface area (Å²) in [6.07, 6.45) is 1.86. The minimum atomic E-state index is -0.450. The predicted molar refractivity (Wildman–Crippen MR) is 115 cm³/mol. The van der Waals surface area contributed by atoms with Gasteiger partial charge in [0.1, 0.15) is 9.88 Å². The van der Waals surface area contributed by atoms with Crippen LogP contribution in [0.3, 0.4) is 0 Å². The number of carbonyl (C=O) groups is 3. The Morgan fingerprint density at radius 1 is 0.933 bits per heavy atom. The molecule has 1 saturated carbocycles. The number of aryl methyl sites for hydroxylation is 1. The van der Waals surface area contributed by atoms with Gasteiger partial charge in [-0.15, -0.1) is 11.3 Å². The van der Waals surface area contributed by atoms with E-state index in [0.29, 0.717) is 21.8 Å². The van der Waals surface area contributed by atoms with Crippen LogP contribution in [-0.4, -0.2) is 22.7 Å². The Morgan fingerprint density at radius 2 is 1.60 bits per heavy atom. The van der Waals surface area contributed by atoms with E-state index < -0.39 is 11.8 Å². The zero-order valence-electron chi connectivity index (χ0n) is 16.3. The number of carbonyl (C=O) groups excluding carboxylic acids is 3. The van der Waals surface area contributed by atoms with Crippen LogP contribution in [0.2, 0.25) is 0 Å². The van der Waals surface area contributed by atoms with Crippen LogP contribution in [0.25, 0.3) is 10.6 Å². The molecule has 4 rings (SSSR count). The summed E-state index contributed by atoms with van der Waals surface area (Å²) in [5.74, 6) is -0.752. The molecule has 0 spiro atoms. The quantitative estimate of drug-likeness (QED) is 0.550. The molecule has 7 nitrogen and oxygen atoms in total. The highest BCUT2D eigenvalue weighted by molar-refractivity contribution is 7.17. The van der Waals surface area contributed by atoms with Crippen molar-refractivity contribution in [1.29, 1.82) is 0 Å². The van der Waals surface area contributed by atoms with Crippen LogP contribution in [-0.2, 0) is 4.79 Å². The third-order valence-electron chi connectivity index (χ3n) is 4.68. The number of anilines is 1. The van der Waals surface area contributed by atoms with Crippen molar-refractivity contribution in [2.45, 2.75) is 19.8 Å². The second-order valence-electron chi connectivity index (χ2n) is 7.05. The number of benzene rings is 2. The third-order valence-corrected chi connectivity index (χ3v) is 5.88. The first kappa shape index (κ1) is 19.8. The maximum absolute atomic E-state index is 12.5. The zero-order valence-corrected chi connectivity index (χ0v) is 17.1. The number of hydrogen-bond acceptors (Lipinski definition) is 5. The SMILES string of the molecule is Cc1nc(-c2ccccc2)sc1C(=O)NNC(=O)c1ccc(NC(=O)C2CC2)cc1. The van der Waals surface area contributed by atoms with Crippen LogP contribution in [0, 0.1) is 12.8 Å². The molecule has 1 aliphatic carbocycles. The van der Waals surface area contributed by atoms with Crippen molar-refractivity contribution in [1.82, 2.24) is 15.8 Å². The fraction of sp³-hybridized carbons (Fsp3) is 0.182. The molecule has 0 radical (unpaired) electrons. The lowest BCUT2D eigenvalue weighted by Gasteiger charge is -2.08. The molecule has 0 saturated heterocycles. The fourth-order valence-corrected chi connectivity index (χ4v) is 3.82. The summed E-state index contributed by atoms with van der Waals surface area (Å²) in [5.41, 5.74) is 7.39.